The summed E-state index contributed by atoms with van der Waals surface area (Å²) in [7, 11) is 0. The number of nitrogens with zero attached hydrogens (tertiary/aromatic N) is 2. The largest absolute Gasteiger partial charge is 0.341 e. The van der Waals surface area contributed by atoms with E-state index in [2.05, 4.69) is 0 Å². The monoisotopic (exact) mass is 366 g/mol. The Morgan fingerprint density at radius 1 is 1.17 bits per heavy atom. The lowest BCUT2D eigenvalue weighted by Crippen LogP contribution is -2.54. The number of carbonyl (C=O) groups excluding carboxylic acids is 2. The Hall–Kier alpha value is -1.20. The van der Waals surface area contributed by atoms with Crippen LogP contribution in [0.4, 0.5) is 0 Å². The molecular weight excluding hydrogens is 344 g/mol. The molecule has 1 aromatic carbocycles. The standard InChI is InChI=1S/C18H23ClN2O2S/c1-13-3-5-15(6-4-13)17(23)21-11-12-24-18(21)7-9-20(10-8-18)16(22)14(2)19/h3-6,14H,7-12H2,1-2H3/t14-/m1/s1. The molecule has 3 rings (SSSR count). The first kappa shape index (κ1) is 17.6. The Morgan fingerprint density at radius 2 is 1.79 bits per heavy atom. The van der Waals surface area contributed by atoms with Crippen molar-refractivity contribution in [3.63, 3.8) is 0 Å². The van der Waals surface area contributed by atoms with Gasteiger partial charge in [0.1, 0.15) is 5.38 Å². The Kier molecular flexibility index (Phi) is 5.11. The lowest BCUT2D eigenvalue weighted by Gasteiger charge is -2.44. The van der Waals surface area contributed by atoms with Crippen molar-refractivity contribution in [3.05, 3.63) is 35.4 Å². The zero-order chi connectivity index (χ0) is 17.3. The first-order valence-electron chi connectivity index (χ1n) is 8.38. The number of alkyl halides is 1. The number of hydrogen-bond acceptors (Lipinski definition) is 3. The SMILES string of the molecule is Cc1ccc(C(=O)N2CCSC23CCN(C(=O)[C@@H](C)Cl)CC3)cc1. The number of carbonyl (C=O) groups is 2. The van der Waals surface area contributed by atoms with E-state index in [1.807, 2.05) is 52.8 Å². The quantitative estimate of drug-likeness (QED) is 0.755. The average molecular weight is 367 g/mol. The molecule has 0 bridgehead atoms. The lowest BCUT2D eigenvalue weighted by atomic mass is 10.0. The molecule has 1 atom stereocenters. The molecule has 0 aliphatic carbocycles. The smallest absolute Gasteiger partial charge is 0.254 e. The average Bonchev–Trinajstić information content (AvgIpc) is 2.98. The first-order chi connectivity index (χ1) is 11.4. The molecular formula is C18H23ClN2O2S. The number of thioether (sulfide) groups is 1. The van der Waals surface area contributed by atoms with Crippen LogP contribution in [0.3, 0.4) is 0 Å². The van der Waals surface area contributed by atoms with Crippen molar-refractivity contribution in [1.82, 2.24) is 9.80 Å². The molecule has 130 valence electrons. The van der Waals surface area contributed by atoms with E-state index in [0.717, 1.165) is 36.3 Å². The predicted octanol–water partition coefficient (Wildman–Crippen LogP) is 3.13. The number of aryl methyl sites for hydroxylation is 1. The van der Waals surface area contributed by atoms with E-state index in [9.17, 15) is 9.59 Å². The Morgan fingerprint density at radius 3 is 2.38 bits per heavy atom. The molecule has 0 aromatic heterocycles. The molecule has 2 amide bonds. The van der Waals surface area contributed by atoms with Gasteiger partial charge in [0.25, 0.3) is 5.91 Å². The maximum Gasteiger partial charge on any atom is 0.254 e. The molecule has 2 aliphatic rings. The van der Waals surface area contributed by atoms with Gasteiger partial charge in [-0.3, -0.25) is 9.59 Å². The van der Waals surface area contributed by atoms with Crippen molar-refractivity contribution in [2.24, 2.45) is 0 Å². The fourth-order valence-corrected chi connectivity index (χ4v) is 5.08. The number of amides is 2. The zero-order valence-electron chi connectivity index (χ0n) is 14.1. The third kappa shape index (κ3) is 3.29. The summed E-state index contributed by atoms with van der Waals surface area (Å²) in [5.41, 5.74) is 1.90. The van der Waals surface area contributed by atoms with E-state index < -0.39 is 5.38 Å². The fraction of sp³-hybridized carbons (Fsp3) is 0.556. The van der Waals surface area contributed by atoms with Gasteiger partial charge in [0.2, 0.25) is 5.91 Å². The van der Waals surface area contributed by atoms with Crippen molar-refractivity contribution in [2.75, 3.05) is 25.4 Å². The molecule has 24 heavy (non-hydrogen) atoms. The predicted molar refractivity (Wildman–Crippen MR) is 98.5 cm³/mol. The molecule has 0 saturated carbocycles. The van der Waals surface area contributed by atoms with Crippen LogP contribution in [-0.4, -0.2) is 57.2 Å². The maximum atomic E-state index is 13.0. The van der Waals surface area contributed by atoms with E-state index in [4.69, 9.17) is 11.6 Å². The van der Waals surface area contributed by atoms with Crippen LogP contribution in [0.15, 0.2) is 24.3 Å². The molecule has 2 fully saturated rings. The van der Waals surface area contributed by atoms with E-state index in [1.54, 1.807) is 6.92 Å². The highest BCUT2D eigenvalue weighted by atomic mass is 35.5. The minimum absolute atomic E-state index is 0.00840. The van der Waals surface area contributed by atoms with Crippen LogP contribution in [0.5, 0.6) is 0 Å². The summed E-state index contributed by atoms with van der Waals surface area (Å²) in [4.78, 5) is 28.7. The Labute approximate surface area is 152 Å². The summed E-state index contributed by atoms with van der Waals surface area (Å²) >= 11 is 7.78. The zero-order valence-corrected chi connectivity index (χ0v) is 15.7. The molecule has 6 heteroatoms. The van der Waals surface area contributed by atoms with Gasteiger partial charge in [-0.15, -0.1) is 23.4 Å². The van der Waals surface area contributed by atoms with Crippen LogP contribution >= 0.6 is 23.4 Å². The van der Waals surface area contributed by atoms with Crippen LogP contribution in [0.2, 0.25) is 0 Å². The highest BCUT2D eigenvalue weighted by molar-refractivity contribution is 8.00. The van der Waals surface area contributed by atoms with Gasteiger partial charge in [0, 0.05) is 31.0 Å². The second-order valence-corrected chi connectivity index (χ2v) is 8.67. The summed E-state index contributed by atoms with van der Waals surface area (Å²) in [6.07, 6.45) is 1.62. The number of halogens is 1. The molecule has 0 unspecified atom stereocenters. The molecule has 0 N–H and O–H groups in total. The van der Waals surface area contributed by atoms with Crippen molar-refractivity contribution in [2.45, 2.75) is 36.9 Å². The van der Waals surface area contributed by atoms with Crippen molar-refractivity contribution < 1.29 is 9.59 Å². The molecule has 4 nitrogen and oxygen atoms in total. The summed E-state index contributed by atoms with van der Waals surface area (Å²) in [5, 5.41) is -0.486. The van der Waals surface area contributed by atoms with Gasteiger partial charge in [0.15, 0.2) is 0 Å². The third-order valence-corrected chi connectivity index (χ3v) is 6.66. The third-order valence-electron chi connectivity index (χ3n) is 4.92. The minimum Gasteiger partial charge on any atom is -0.341 e. The van der Waals surface area contributed by atoms with Gasteiger partial charge in [-0.25, -0.2) is 0 Å². The number of rotatable bonds is 2. The summed E-state index contributed by atoms with van der Waals surface area (Å²) in [6, 6.07) is 7.77. The van der Waals surface area contributed by atoms with E-state index in [0.29, 0.717) is 13.1 Å². The van der Waals surface area contributed by atoms with Crippen LogP contribution in [0, 0.1) is 6.92 Å². The normalized spacial score (nSPS) is 21.1. The van der Waals surface area contributed by atoms with Crippen LogP contribution < -0.4 is 0 Å². The molecule has 1 spiro atoms. The van der Waals surface area contributed by atoms with E-state index in [-0.39, 0.29) is 16.7 Å². The number of hydrogen-bond donors (Lipinski definition) is 0. The topological polar surface area (TPSA) is 40.6 Å². The summed E-state index contributed by atoms with van der Waals surface area (Å²) in [5.74, 6) is 1.05. The second-order valence-electron chi connectivity index (χ2n) is 6.56. The summed E-state index contributed by atoms with van der Waals surface area (Å²) in [6.45, 7) is 5.84. The van der Waals surface area contributed by atoms with Gasteiger partial charge in [-0.2, -0.15) is 0 Å². The molecule has 2 saturated heterocycles. The maximum absolute atomic E-state index is 13.0. The summed E-state index contributed by atoms with van der Waals surface area (Å²) < 4.78 is 0. The number of likely N-dealkylation sites (tertiary alicyclic amines) is 1. The van der Waals surface area contributed by atoms with Crippen molar-refractivity contribution in [1.29, 1.82) is 0 Å². The van der Waals surface area contributed by atoms with Crippen LogP contribution in [0.25, 0.3) is 0 Å². The number of piperidine rings is 1. The highest BCUT2D eigenvalue weighted by Crippen LogP contribution is 2.44. The first-order valence-corrected chi connectivity index (χ1v) is 9.81. The molecule has 2 aliphatic heterocycles. The van der Waals surface area contributed by atoms with Crippen molar-refractivity contribution in [3.8, 4) is 0 Å². The van der Waals surface area contributed by atoms with Crippen LogP contribution in [0.1, 0.15) is 35.7 Å². The number of benzene rings is 1. The van der Waals surface area contributed by atoms with Gasteiger partial charge in [-0.05, 0) is 38.8 Å². The fourth-order valence-electron chi connectivity index (χ4n) is 3.49. The highest BCUT2D eigenvalue weighted by Gasteiger charge is 2.47. The van der Waals surface area contributed by atoms with Crippen LogP contribution in [-0.2, 0) is 4.79 Å². The molecule has 2 heterocycles. The lowest BCUT2D eigenvalue weighted by molar-refractivity contribution is -0.132. The van der Waals surface area contributed by atoms with Gasteiger partial charge >= 0.3 is 0 Å². The molecule has 0 radical (unpaired) electrons. The van der Waals surface area contributed by atoms with Gasteiger partial charge < -0.3 is 9.80 Å². The Bertz CT molecular complexity index is 624. The minimum atomic E-state index is -0.486. The van der Waals surface area contributed by atoms with E-state index >= 15 is 0 Å². The van der Waals surface area contributed by atoms with E-state index in [1.165, 1.54) is 0 Å². The molecule has 1 aromatic rings. The Balaban J connectivity index is 1.73. The van der Waals surface area contributed by atoms with Crippen molar-refractivity contribution >= 4 is 35.2 Å². The van der Waals surface area contributed by atoms with Gasteiger partial charge in [0.05, 0.1) is 4.87 Å². The second kappa shape index (κ2) is 6.96. The van der Waals surface area contributed by atoms with Gasteiger partial charge in [-0.1, -0.05) is 17.7 Å².